The van der Waals surface area contributed by atoms with E-state index in [0.717, 1.165) is 6.07 Å². The Hall–Kier alpha value is -0.820. The molecule has 106 valence electrons. The molecule has 1 amide bonds. The van der Waals surface area contributed by atoms with E-state index in [4.69, 9.17) is 11.6 Å². The second-order valence-electron chi connectivity index (χ2n) is 3.63. The summed E-state index contributed by atoms with van der Waals surface area (Å²) in [5, 5.41) is -0.159. The zero-order chi connectivity index (χ0) is 14.6. The summed E-state index contributed by atoms with van der Waals surface area (Å²) in [4.78, 5) is 12.4. The Morgan fingerprint density at radius 2 is 2.00 bits per heavy atom. The van der Waals surface area contributed by atoms with Gasteiger partial charge in [-0.05, 0) is 12.1 Å². The summed E-state index contributed by atoms with van der Waals surface area (Å²) < 4.78 is 50.7. The van der Waals surface area contributed by atoms with E-state index in [9.17, 15) is 22.4 Å². The summed E-state index contributed by atoms with van der Waals surface area (Å²) in [6.07, 6.45) is -4.55. The second-order valence-corrected chi connectivity index (χ2v) is 4.83. The molecular formula is C11H9BrClF4NO. The van der Waals surface area contributed by atoms with Gasteiger partial charge in [-0.1, -0.05) is 33.6 Å². The number of halogens is 6. The Balaban J connectivity index is 3.02. The van der Waals surface area contributed by atoms with Gasteiger partial charge in [-0.2, -0.15) is 13.2 Å². The van der Waals surface area contributed by atoms with Crippen LogP contribution in [0, 0.1) is 5.82 Å². The van der Waals surface area contributed by atoms with Gasteiger partial charge in [0.1, 0.15) is 6.54 Å². The fourth-order valence-corrected chi connectivity index (χ4v) is 2.01. The molecule has 1 aromatic carbocycles. The highest BCUT2D eigenvalue weighted by molar-refractivity contribution is 9.09. The van der Waals surface area contributed by atoms with Crippen LogP contribution in [-0.4, -0.2) is 35.4 Å². The summed E-state index contributed by atoms with van der Waals surface area (Å²) >= 11 is 8.45. The number of rotatable bonds is 4. The van der Waals surface area contributed by atoms with E-state index >= 15 is 0 Å². The first-order chi connectivity index (χ1) is 8.76. The third kappa shape index (κ3) is 4.65. The molecule has 0 fully saturated rings. The smallest absolute Gasteiger partial charge is 0.329 e. The van der Waals surface area contributed by atoms with Gasteiger partial charge in [0.2, 0.25) is 0 Å². The van der Waals surface area contributed by atoms with Crippen LogP contribution in [0.25, 0.3) is 0 Å². The lowest BCUT2D eigenvalue weighted by atomic mass is 10.2. The van der Waals surface area contributed by atoms with Crippen molar-refractivity contribution in [2.24, 2.45) is 0 Å². The molecular weight excluding hydrogens is 353 g/mol. The van der Waals surface area contributed by atoms with Crippen LogP contribution in [-0.2, 0) is 0 Å². The second kappa shape index (κ2) is 6.56. The van der Waals surface area contributed by atoms with Crippen molar-refractivity contribution in [3.8, 4) is 0 Å². The number of hydrogen-bond donors (Lipinski definition) is 0. The van der Waals surface area contributed by atoms with Crippen LogP contribution in [0.3, 0.4) is 0 Å². The molecule has 0 bridgehead atoms. The molecule has 0 saturated carbocycles. The molecule has 0 aromatic heterocycles. The standard InChI is InChI=1S/C11H9BrClF4NO/c12-4-5-18(6-11(15,16)17)10(19)7-2-1-3-8(13)9(7)14/h1-3H,4-6H2. The van der Waals surface area contributed by atoms with E-state index in [0.29, 0.717) is 4.90 Å². The zero-order valence-electron chi connectivity index (χ0n) is 9.48. The average molecular weight is 363 g/mol. The molecule has 0 aliphatic carbocycles. The van der Waals surface area contributed by atoms with Crippen molar-refractivity contribution < 1.29 is 22.4 Å². The molecule has 0 spiro atoms. The maximum Gasteiger partial charge on any atom is 0.406 e. The molecule has 2 nitrogen and oxygen atoms in total. The minimum atomic E-state index is -4.55. The molecule has 1 aromatic rings. The fraction of sp³-hybridized carbons (Fsp3) is 0.364. The number of nitrogens with zero attached hydrogens (tertiary/aromatic N) is 1. The predicted octanol–water partition coefficient (Wildman–Crippen LogP) is 3.88. The topological polar surface area (TPSA) is 20.3 Å². The van der Waals surface area contributed by atoms with Gasteiger partial charge in [-0.3, -0.25) is 4.79 Å². The van der Waals surface area contributed by atoms with Gasteiger partial charge in [0.05, 0.1) is 10.6 Å². The lowest BCUT2D eigenvalue weighted by molar-refractivity contribution is -0.140. The first-order valence-corrected chi connectivity index (χ1v) is 6.62. The van der Waals surface area contributed by atoms with Gasteiger partial charge < -0.3 is 4.90 Å². The monoisotopic (exact) mass is 361 g/mol. The fourth-order valence-electron chi connectivity index (χ4n) is 1.41. The minimum Gasteiger partial charge on any atom is -0.329 e. The largest absolute Gasteiger partial charge is 0.406 e. The van der Waals surface area contributed by atoms with Gasteiger partial charge >= 0.3 is 6.18 Å². The molecule has 19 heavy (non-hydrogen) atoms. The Morgan fingerprint density at radius 3 is 2.53 bits per heavy atom. The molecule has 0 aliphatic heterocycles. The molecule has 0 saturated heterocycles. The summed E-state index contributed by atoms with van der Waals surface area (Å²) in [5.41, 5.74) is -0.474. The van der Waals surface area contributed by atoms with Crippen molar-refractivity contribution in [1.82, 2.24) is 4.90 Å². The van der Waals surface area contributed by atoms with Crippen LogP contribution < -0.4 is 0 Å². The Labute approximate surface area is 120 Å². The van der Waals surface area contributed by atoms with Crippen LogP contribution in [0.4, 0.5) is 17.6 Å². The molecule has 1 rings (SSSR count). The van der Waals surface area contributed by atoms with Crippen LogP contribution in [0.15, 0.2) is 18.2 Å². The number of carbonyl (C=O) groups is 1. The molecule has 0 heterocycles. The number of alkyl halides is 4. The van der Waals surface area contributed by atoms with Gasteiger partial charge in [0.25, 0.3) is 5.91 Å². The third-order valence-corrected chi connectivity index (χ3v) is 2.84. The van der Waals surface area contributed by atoms with E-state index < -0.39 is 30.0 Å². The van der Waals surface area contributed by atoms with Crippen LogP contribution in [0.1, 0.15) is 10.4 Å². The van der Waals surface area contributed by atoms with E-state index in [2.05, 4.69) is 15.9 Å². The van der Waals surface area contributed by atoms with Crippen molar-refractivity contribution in [3.05, 3.63) is 34.6 Å². The number of hydrogen-bond acceptors (Lipinski definition) is 1. The summed E-state index contributed by atoms with van der Waals surface area (Å²) in [6.45, 7) is -1.63. The van der Waals surface area contributed by atoms with E-state index in [1.165, 1.54) is 12.1 Å². The minimum absolute atomic E-state index is 0.150. The average Bonchev–Trinajstić information content (AvgIpc) is 2.30. The highest BCUT2D eigenvalue weighted by Gasteiger charge is 2.33. The summed E-state index contributed by atoms with van der Waals surface area (Å²) in [6, 6.07) is 3.62. The lowest BCUT2D eigenvalue weighted by Crippen LogP contribution is -2.40. The lowest BCUT2D eigenvalue weighted by Gasteiger charge is -2.23. The molecule has 8 heteroatoms. The highest BCUT2D eigenvalue weighted by Crippen LogP contribution is 2.22. The SMILES string of the molecule is O=C(c1cccc(Cl)c1F)N(CCBr)CC(F)(F)F. The van der Waals surface area contributed by atoms with Crippen molar-refractivity contribution >= 4 is 33.4 Å². The summed E-state index contributed by atoms with van der Waals surface area (Å²) in [7, 11) is 0. The molecule has 0 N–H and O–H groups in total. The van der Waals surface area contributed by atoms with Crippen LogP contribution >= 0.6 is 27.5 Å². The first kappa shape index (κ1) is 16.2. The number of carbonyl (C=O) groups excluding carboxylic acids is 1. The zero-order valence-corrected chi connectivity index (χ0v) is 11.8. The Morgan fingerprint density at radius 1 is 1.37 bits per heavy atom. The maximum absolute atomic E-state index is 13.6. The maximum atomic E-state index is 13.6. The third-order valence-electron chi connectivity index (χ3n) is 2.19. The van der Waals surface area contributed by atoms with Crippen LogP contribution in [0.2, 0.25) is 5.02 Å². The predicted molar refractivity (Wildman–Crippen MR) is 67.2 cm³/mol. The van der Waals surface area contributed by atoms with Gasteiger partial charge in [0.15, 0.2) is 5.82 Å². The number of benzene rings is 1. The van der Waals surface area contributed by atoms with Crippen molar-refractivity contribution in [2.75, 3.05) is 18.4 Å². The molecule has 0 unspecified atom stereocenters. The van der Waals surface area contributed by atoms with Gasteiger partial charge in [0, 0.05) is 11.9 Å². The van der Waals surface area contributed by atoms with Crippen molar-refractivity contribution in [1.29, 1.82) is 0 Å². The van der Waals surface area contributed by atoms with Crippen LogP contribution in [0.5, 0.6) is 0 Å². The van der Waals surface area contributed by atoms with Crippen molar-refractivity contribution in [3.63, 3.8) is 0 Å². The molecule has 0 radical (unpaired) electrons. The normalized spacial score (nSPS) is 11.5. The first-order valence-electron chi connectivity index (χ1n) is 5.12. The summed E-state index contributed by atoms with van der Waals surface area (Å²) in [5.74, 6) is -2.06. The van der Waals surface area contributed by atoms with E-state index in [1.54, 1.807) is 0 Å². The molecule has 0 aliphatic rings. The molecule has 0 atom stereocenters. The van der Waals surface area contributed by atoms with Gasteiger partial charge in [-0.25, -0.2) is 4.39 Å². The number of amides is 1. The Bertz CT molecular complexity index is 466. The van der Waals surface area contributed by atoms with E-state index in [1.807, 2.05) is 0 Å². The Kier molecular flexibility index (Phi) is 5.61. The quantitative estimate of drug-likeness (QED) is 0.588. The highest BCUT2D eigenvalue weighted by atomic mass is 79.9. The van der Waals surface area contributed by atoms with Crippen molar-refractivity contribution in [2.45, 2.75) is 6.18 Å². The van der Waals surface area contributed by atoms with E-state index in [-0.39, 0.29) is 16.9 Å². The van der Waals surface area contributed by atoms with Gasteiger partial charge in [-0.15, -0.1) is 0 Å².